The lowest BCUT2D eigenvalue weighted by Crippen LogP contribution is -2.63. The molecule has 0 saturated carbocycles. The number of rotatable bonds is 11. The lowest BCUT2D eigenvalue weighted by molar-refractivity contribution is -0.365. The summed E-state index contributed by atoms with van der Waals surface area (Å²) in [6, 6.07) is 0. The van der Waals surface area contributed by atoms with E-state index < -0.39 is 130 Å². The molecule has 0 bridgehead atoms. The summed E-state index contributed by atoms with van der Waals surface area (Å²) in [6.45, 7) is 2.38. The van der Waals surface area contributed by atoms with Crippen LogP contribution in [0.15, 0.2) is 0 Å². The topological polar surface area (TPSA) is 298 Å². The van der Waals surface area contributed by atoms with Crippen molar-refractivity contribution in [3.8, 4) is 0 Å². The first kappa shape index (κ1) is 35.8. The Hall–Kier alpha value is -0.720. The third-order valence-electron chi connectivity index (χ3n) is 7.71. The zero-order chi connectivity index (χ0) is 31.6. The summed E-state index contributed by atoms with van der Waals surface area (Å²) >= 11 is 0. The number of aliphatic hydroxyl groups is 12. The van der Waals surface area contributed by atoms with E-state index in [1.807, 2.05) is 0 Å². The highest BCUT2D eigenvalue weighted by molar-refractivity contribution is 4.93. The zero-order valence-corrected chi connectivity index (χ0v) is 23.2. The van der Waals surface area contributed by atoms with E-state index in [0.29, 0.717) is 0 Å². The van der Waals surface area contributed by atoms with Crippen LogP contribution in [0.4, 0.5) is 0 Å². The monoisotopic (exact) mass is 620 g/mol. The molecule has 19 atom stereocenters. The molecule has 42 heavy (non-hydrogen) atoms. The number of ether oxygens (including phenoxy) is 6. The van der Waals surface area contributed by atoms with E-state index in [1.165, 1.54) is 20.8 Å². The molecule has 3 heterocycles. The number of aliphatic hydroxyl groups excluding tert-OH is 12. The van der Waals surface area contributed by atoms with E-state index in [9.17, 15) is 61.3 Å². The SMILES string of the molecule is C[C@@H]1O[C@@H](O[C@H]2[C@H](OC[C@H](O)[C@@H](O[C@@H]3O[C@@H](C)[C@H](O)[C@@H](O)[C@H]3O)[C@H](O)[C@H](O)CO)O[C@@H](C)[C@H](O)[C@H]2O)[C@H](O)[C@H](O)[C@H]1O. The maximum atomic E-state index is 10.9. The molecule has 3 aliphatic rings. The van der Waals surface area contributed by atoms with Crippen LogP contribution in [0.2, 0.25) is 0 Å². The molecular formula is C24H44O18. The summed E-state index contributed by atoms with van der Waals surface area (Å²) in [5.41, 5.74) is 0. The van der Waals surface area contributed by atoms with Gasteiger partial charge in [0.15, 0.2) is 18.9 Å². The molecule has 0 radical (unpaired) electrons. The molecule has 12 N–H and O–H groups in total. The van der Waals surface area contributed by atoms with Crippen molar-refractivity contribution in [2.45, 2.75) is 137 Å². The first-order valence-corrected chi connectivity index (χ1v) is 13.6. The van der Waals surface area contributed by atoms with Gasteiger partial charge in [-0.15, -0.1) is 0 Å². The van der Waals surface area contributed by atoms with Gasteiger partial charge in [0.05, 0.1) is 31.5 Å². The van der Waals surface area contributed by atoms with E-state index in [1.54, 1.807) is 0 Å². The summed E-state index contributed by atoms with van der Waals surface area (Å²) in [5, 5.41) is 122. The Morgan fingerprint density at radius 2 is 1.02 bits per heavy atom. The van der Waals surface area contributed by atoms with E-state index >= 15 is 0 Å². The first-order chi connectivity index (χ1) is 19.6. The maximum Gasteiger partial charge on any atom is 0.187 e. The summed E-state index contributed by atoms with van der Waals surface area (Å²) in [5.74, 6) is 0. The maximum absolute atomic E-state index is 10.9. The van der Waals surface area contributed by atoms with E-state index in [0.717, 1.165) is 0 Å². The molecule has 18 nitrogen and oxygen atoms in total. The fourth-order valence-corrected chi connectivity index (χ4v) is 4.86. The van der Waals surface area contributed by atoms with Crippen molar-refractivity contribution >= 4 is 0 Å². The first-order valence-electron chi connectivity index (χ1n) is 13.6. The minimum atomic E-state index is -2.01. The van der Waals surface area contributed by atoms with Crippen molar-refractivity contribution in [2.24, 2.45) is 0 Å². The van der Waals surface area contributed by atoms with Crippen LogP contribution in [-0.4, -0.2) is 191 Å². The van der Waals surface area contributed by atoms with Gasteiger partial charge in [0.1, 0.15) is 79.4 Å². The minimum absolute atomic E-state index is 0.796. The van der Waals surface area contributed by atoms with Crippen molar-refractivity contribution in [1.82, 2.24) is 0 Å². The van der Waals surface area contributed by atoms with Gasteiger partial charge >= 0.3 is 0 Å². The van der Waals surface area contributed by atoms with Crippen LogP contribution in [0.5, 0.6) is 0 Å². The summed E-state index contributed by atoms with van der Waals surface area (Å²) in [6.07, 6.45) is -30.4. The second-order valence-corrected chi connectivity index (χ2v) is 10.9. The van der Waals surface area contributed by atoms with E-state index in [2.05, 4.69) is 0 Å². The predicted molar refractivity (Wildman–Crippen MR) is 132 cm³/mol. The van der Waals surface area contributed by atoms with Gasteiger partial charge in [-0.05, 0) is 20.8 Å². The molecule has 0 aromatic rings. The van der Waals surface area contributed by atoms with Crippen LogP contribution in [0.3, 0.4) is 0 Å². The smallest absolute Gasteiger partial charge is 0.187 e. The van der Waals surface area contributed by atoms with Crippen molar-refractivity contribution in [3.05, 3.63) is 0 Å². The van der Waals surface area contributed by atoms with Crippen LogP contribution in [-0.2, 0) is 28.4 Å². The lowest BCUT2D eigenvalue weighted by Gasteiger charge is -2.45. The average Bonchev–Trinajstić information content (AvgIpc) is 2.96. The highest BCUT2D eigenvalue weighted by Gasteiger charge is 2.50. The molecule has 0 amide bonds. The Kier molecular flexibility index (Phi) is 12.8. The second kappa shape index (κ2) is 15.0. The Balaban J connectivity index is 1.75. The van der Waals surface area contributed by atoms with Crippen LogP contribution >= 0.6 is 0 Å². The Labute approximate surface area is 240 Å². The summed E-state index contributed by atoms with van der Waals surface area (Å²) in [4.78, 5) is 0. The molecule has 3 aliphatic heterocycles. The van der Waals surface area contributed by atoms with Gasteiger partial charge in [0, 0.05) is 0 Å². The van der Waals surface area contributed by atoms with Crippen LogP contribution in [0.25, 0.3) is 0 Å². The van der Waals surface area contributed by atoms with Gasteiger partial charge in [0.25, 0.3) is 0 Å². The van der Waals surface area contributed by atoms with Crippen LogP contribution in [0, 0.1) is 0 Å². The molecule has 0 aromatic heterocycles. The third-order valence-corrected chi connectivity index (χ3v) is 7.71. The molecule has 3 rings (SSSR count). The molecule has 3 saturated heterocycles. The third kappa shape index (κ3) is 7.73. The largest absolute Gasteiger partial charge is 0.394 e. The van der Waals surface area contributed by atoms with Crippen LogP contribution < -0.4 is 0 Å². The molecule has 0 aliphatic carbocycles. The highest BCUT2D eigenvalue weighted by atomic mass is 16.8. The van der Waals surface area contributed by atoms with E-state index in [-0.39, 0.29) is 0 Å². The lowest BCUT2D eigenvalue weighted by atomic mass is 9.98. The fourth-order valence-electron chi connectivity index (χ4n) is 4.86. The van der Waals surface area contributed by atoms with Crippen LogP contribution in [0.1, 0.15) is 20.8 Å². The molecular weight excluding hydrogens is 576 g/mol. The molecule has 18 heteroatoms. The Morgan fingerprint density at radius 3 is 1.55 bits per heavy atom. The quantitative estimate of drug-likeness (QED) is 0.102. The molecule has 0 spiro atoms. The van der Waals surface area contributed by atoms with Gasteiger partial charge in [-0.3, -0.25) is 0 Å². The summed E-state index contributed by atoms with van der Waals surface area (Å²) < 4.78 is 32.9. The van der Waals surface area contributed by atoms with Gasteiger partial charge in [-0.25, -0.2) is 0 Å². The van der Waals surface area contributed by atoms with E-state index in [4.69, 9.17) is 28.4 Å². The number of hydrogen-bond donors (Lipinski definition) is 12. The predicted octanol–water partition coefficient (Wildman–Crippen LogP) is -7.03. The van der Waals surface area contributed by atoms with Gasteiger partial charge in [-0.2, -0.15) is 0 Å². The van der Waals surface area contributed by atoms with Gasteiger partial charge < -0.3 is 89.7 Å². The average molecular weight is 621 g/mol. The highest BCUT2D eigenvalue weighted by Crippen LogP contribution is 2.30. The van der Waals surface area contributed by atoms with Crippen molar-refractivity contribution in [3.63, 3.8) is 0 Å². The van der Waals surface area contributed by atoms with Crippen molar-refractivity contribution in [1.29, 1.82) is 0 Å². The molecule has 0 aromatic carbocycles. The normalized spacial score (nSPS) is 47.9. The molecule has 0 unspecified atom stereocenters. The summed E-state index contributed by atoms with van der Waals surface area (Å²) in [7, 11) is 0. The van der Waals surface area contributed by atoms with Crippen molar-refractivity contribution < 1.29 is 89.7 Å². The second-order valence-electron chi connectivity index (χ2n) is 10.9. The Morgan fingerprint density at radius 1 is 0.571 bits per heavy atom. The minimum Gasteiger partial charge on any atom is -0.394 e. The molecule has 248 valence electrons. The standard InChI is InChI=1S/C24H44O18/c1-6-11(28)15(32)18(35)22(38-6)41-20(14(31)9(26)4-25)10(27)5-37-24-21(17(34)13(30)8(3)40-24)42-23-19(36)16(33)12(29)7(2)39-23/h6-36H,4-5H2,1-3H3/t6-,7-,8-,9+,10-,11-,12-,13-,14+,15+,16+,17+,18+,19+,20+,21+,22-,23-,24+/m0/s1. The molecule has 3 fully saturated rings. The Bertz CT molecular complexity index is 824. The zero-order valence-electron chi connectivity index (χ0n) is 23.2. The fraction of sp³-hybridized carbons (Fsp3) is 1.00. The van der Waals surface area contributed by atoms with Gasteiger partial charge in [-0.1, -0.05) is 0 Å². The van der Waals surface area contributed by atoms with Gasteiger partial charge in [0.2, 0.25) is 0 Å². The number of hydrogen-bond acceptors (Lipinski definition) is 18. The van der Waals surface area contributed by atoms with Crippen molar-refractivity contribution in [2.75, 3.05) is 13.2 Å².